The van der Waals surface area contributed by atoms with Crippen LogP contribution in [-0.2, 0) is 6.42 Å². The van der Waals surface area contributed by atoms with Crippen molar-refractivity contribution >= 4 is 0 Å². The number of fused-ring (bicyclic) bond motifs is 1. The fraction of sp³-hybridized carbons (Fsp3) is 0.647. The second-order valence-corrected chi connectivity index (χ2v) is 6.24. The highest BCUT2D eigenvalue weighted by molar-refractivity contribution is 5.40. The molecule has 1 saturated heterocycles. The van der Waals surface area contributed by atoms with Crippen molar-refractivity contribution < 1.29 is 0 Å². The summed E-state index contributed by atoms with van der Waals surface area (Å²) in [6.45, 7) is 8.27. The highest BCUT2D eigenvalue weighted by atomic mass is 15.3. The quantitative estimate of drug-likeness (QED) is 0.801. The molecule has 1 fully saturated rings. The van der Waals surface area contributed by atoms with Crippen LogP contribution in [0.25, 0.3) is 0 Å². The van der Waals surface area contributed by atoms with E-state index in [0.717, 1.165) is 12.5 Å². The molecule has 1 aliphatic heterocycles. The molecule has 3 nitrogen and oxygen atoms in total. The van der Waals surface area contributed by atoms with Gasteiger partial charge in [-0.1, -0.05) is 24.3 Å². The predicted molar refractivity (Wildman–Crippen MR) is 84.1 cm³/mol. The Hall–Kier alpha value is -0.900. The second kappa shape index (κ2) is 6.70. The maximum atomic E-state index is 5.55. The normalized spacial score (nSPS) is 23.4. The molecule has 1 unspecified atom stereocenters. The zero-order valence-corrected chi connectivity index (χ0v) is 12.4. The number of nitrogens with two attached hydrogens (primary N) is 1. The Morgan fingerprint density at radius 1 is 1.00 bits per heavy atom. The molecule has 0 radical (unpaired) electrons. The lowest BCUT2D eigenvalue weighted by atomic mass is 9.77. The summed E-state index contributed by atoms with van der Waals surface area (Å²) in [7, 11) is 0. The van der Waals surface area contributed by atoms with Crippen molar-refractivity contribution in [3.05, 3.63) is 35.4 Å². The van der Waals surface area contributed by atoms with Gasteiger partial charge >= 0.3 is 0 Å². The van der Waals surface area contributed by atoms with Crippen molar-refractivity contribution in [2.45, 2.75) is 25.2 Å². The van der Waals surface area contributed by atoms with Crippen LogP contribution in [0, 0.1) is 0 Å². The van der Waals surface area contributed by atoms with Gasteiger partial charge < -0.3 is 15.5 Å². The van der Waals surface area contributed by atoms with Gasteiger partial charge in [-0.3, -0.25) is 0 Å². The van der Waals surface area contributed by atoms with Gasteiger partial charge in [0.25, 0.3) is 0 Å². The summed E-state index contributed by atoms with van der Waals surface area (Å²) in [4.78, 5) is 5.25. The van der Waals surface area contributed by atoms with Crippen molar-refractivity contribution in [1.29, 1.82) is 0 Å². The molecule has 0 spiro atoms. The first-order valence-electron chi connectivity index (χ1n) is 8.09. The molecule has 2 aliphatic rings. The molecule has 1 heterocycles. The summed E-state index contributed by atoms with van der Waals surface area (Å²) in [5, 5.41) is 0. The van der Waals surface area contributed by atoms with E-state index in [9.17, 15) is 0 Å². The highest BCUT2D eigenvalue weighted by Crippen LogP contribution is 2.35. The van der Waals surface area contributed by atoms with E-state index in [-0.39, 0.29) is 0 Å². The monoisotopic (exact) mass is 273 g/mol. The predicted octanol–water partition coefficient (Wildman–Crippen LogP) is 1.68. The van der Waals surface area contributed by atoms with Crippen molar-refractivity contribution in [3.8, 4) is 0 Å². The van der Waals surface area contributed by atoms with Crippen LogP contribution in [0.2, 0.25) is 0 Å². The number of hydrogen-bond acceptors (Lipinski definition) is 3. The molecule has 0 saturated carbocycles. The summed E-state index contributed by atoms with van der Waals surface area (Å²) < 4.78 is 0. The molecule has 3 heteroatoms. The lowest BCUT2D eigenvalue weighted by Crippen LogP contribution is -2.48. The average Bonchev–Trinajstić information content (AvgIpc) is 2.47. The van der Waals surface area contributed by atoms with Gasteiger partial charge in [0.1, 0.15) is 0 Å². The lowest BCUT2D eigenvalue weighted by Gasteiger charge is -2.39. The topological polar surface area (TPSA) is 32.5 Å². The third-order valence-electron chi connectivity index (χ3n) is 4.83. The zero-order chi connectivity index (χ0) is 13.8. The van der Waals surface area contributed by atoms with Crippen LogP contribution >= 0.6 is 0 Å². The van der Waals surface area contributed by atoms with Crippen LogP contribution in [-0.4, -0.2) is 55.6 Å². The van der Waals surface area contributed by atoms with Crippen LogP contribution in [0.3, 0.4) is 0 Å². The zero-order valence-electron chi connectivity index (χ0n) is 12.4. The van der Waals surface area contributed by atoms with Gasteiger partial charge in [0.05, 0.1) is 0 Å². The lowest BCUT2D eigenvalue weighted by molar-refractivity contribution is 0.123. The fourth-order valence-electron chi connectivity index (χ4n) is 3.51. The molecule has 1 atom stereocenters. The van der Waals surface area contributed by atoms with Crippen molar-refractivity contribution in [3.63, 3.8) is 0 Å². The molecule has 20 heavy (non-hydrogen) atoms. The van der Waals surface area contributed by atoms with Crippen molar-refractivity contribution in [2.75, 3.05) is 45.8 Å². The molecule has 0 aromatic heterocycles. The minimum atomic E-state index is 0.787. The summed E-state index contributed by atoms with van der Waals surface area (Å²) in [6, 6.07) is 8.93. The van der Waals surface area contributed by atoms with Crippen LogP contribution in [0.5, 0.6) is 0 Å². The average molecular weight is 273 g/mol. The van der Waals surface area contributed by atoms with Gasteiger partial charge in [0.2, 0.25) is 0 Å². The van der Waals surface area contributed by atoms with Crippen molar-refractivity contribution in [1.82, 2.24) is 9.80 Å². The van der Waals surface area contributed by atoms with Gasteiger partial charge in [-0.2, -0.15) is 0 Å². The molecular weight excluding hydrogens is 246 g/mol. The van der Waals surface area contributed by atoms with E-state index in [2.05, 4.69) is 34.1 Å². The molecule has 1 aliphatic carbocycles. The first kappa shape index (κ1) is 14.1. The summed E-state index contributed by atoms with van der Waals surface area (Å²) in [5.41, 5.74) is 8.72. The van der Waals surface area contributed by atoms with E-state index in [1.165, 1.54) is 58.5 Å². The van der Waals surface area contributed by atoms with E-state index in [1.54, 1.807) is 11.1 Å². The molecule has 110 valence electrons. The summed E-state index contributed by atoms with van der Waals surface area (Å²) >= 11 is 0. The Bertz CT molecular complexity index is 424. The number of rotatable bonds is 6. The minimum absolute atomic E-state index is 0.787. The smallest absolute Gasteiger partial charge is 0.0110 e. The second-order valence-electron chi connectivity index (χ2n) is 6.24. The third-order valence-corrected chi connectivity index (χ3v) is 4.83. The molecule has 1 aromatic carbocycles. The van der Waals surface area contributed by atoms with Gasteiger partial charge in [-0.15, -0.1) is 0 Å². The Morgan fingerprint density at radius 3 is 2.50 bits per heavy atom. The van der Waals surface area contributed by atoms with Gasteiger partial charge in [0.15, 0.2) is 0 Å². The molecule has 0 amide bonds. The van der Waals surface area contributed by atoms with Crippen LogP contribution < -0.4 is 5.73 Å². The Morgan fingerprint density at radius 2 is 1.75 bits per heavy atom. The summed E-state index contributed by atoms with van der Waals surface area (Å²) in [5.74, 6) is 0.787. The van der Waals surface area contributed by atoms with E-state index in [0.29, 0.717) is 0 Å². The number of piperazine rings is 1. The Labute approximate surface area is 122 Å². The Kier molecular flexibility index (Phi) is 4.71. The molecule has 0 bridgehead atoms. The first-order valence-corrected chi connectivity index (χ1v) is 8.09. The van der Waals surface area contributed by atoms with E-state index in [1.807, 2.05) is 0 Å². The number of nitrogens with zero attached hydrogens (tertiary/aromatic N) is 2. The standard InChI is InChI=1S/C17H27N3/c18-7-3-4-8-19-9-11-20(12-10-19)14-16-13-15-5-1-2-6-17(15)16/h1-2,5-6,16H,3-4,7-14,18H2. The number of hydrogen-bond donors (Lipinski definition) is 1. The van der Waals surface area contributed by atoms with Crippen LogP contribution in [0.15, 0.2) is 24.3 Å². The Balaban J connectivity index is 1.39. The molecular formula is C17H27N3. The fourth-order valence-corrected chi connectivity index (χ4v) is 3.51. The first-order chi connectivity index (χ1) is 9.86. The highest BCUT2D eigenvalue weighted by Gasteiger charge is 2.28. The largest absolute Gasteiger partial charge is 0.330 e. The van der Waals surface area contributed by atoms with E-state index in [4.69, 9.17) is 5.73 Å². The minimum Gasteiger partial charge on any atom is -0.330 e. The van der Waals surface area contributed by atoms with E-state index >= 15 is 0 Å². The molecule has 1 aromatic rings. The maximum Gasteiger partial charge on any atom is 0.0110 e. The van der Waals surface area contributed by atoms with Crippen LogP contribution in [0.4, 0.5) is 0 Å². The molecule has 3 rings (SSSR count). The maximum absolute atomic E-state index is 5.55. The van der Waals surface area contributed by atoms with Crippen LogP contribution in [0.1, 0.15) is 29.9 Å². The summed E-state index contributed by atoms with van der Waals surface area (Å²) in [6.07, 6.45) is 3.71. The van der Waals surface area contributed by atoms with Gasteiger partial charge in [-0.05, 0) is 43.5 Å². The van der Waals surface area contributed by atoms with Gasteiger partial charge in [0, 0.05) is 38.6 Å². The number of benzene rings is 1. The SMILES string of the molecule is NCCCCN1CCN(CC2Cc3ccccc32)CC1. The van der Waals surface area contributed by atoms with Crippen molar-refractivity contribution in [2.24, 2.45) is 5.73 Å². The van der Waals surface area contributed by atoms with Gasteiger partial charge in [-0.25, -0.2) is 0 Å². The number of unbranched alkanes of at least 4 members (excludes halogenated alkanes) is 1. The van der Waals surface area contributed by atoms with E-state index < -0.39 is 0 Å². The third kappa shape index (κ3) is 3.22. The molecule has 2 N–H and O–H groups in total.